The van der Waals surface area contributed by atoms with Gasteiger partial charge in [0.1, 0.15) is 0 Å². The van der Waals surface area contributed by atoms with Crippen LogP contribution in [0.4, 0.5) is 0 Å². The van der Waals surface area contributed by atoms with E-state index in [0.717, 1.165) is 12.8 Å². The van der Waals surface area contributed by atoms with Gasteiger partial charge in [-0.1, -0.05) is 6.42 Å². The van der Waals surface area contributed by atoms with Gasteiger partial charge in [0, 0.05) is 19.2 Å². The molecule has 1 heterocycles. The van der Waals surface area contributed by atoms with Crippen molar-refractivity contribution < 1.29 is 14.7 Å². The highest BCUT2D eigenvalue weighted by Gasteiger charge is 2.04. The molecule has 6 heteroatoms. The number of carbonyl (C=O) groups is 2. The topological polar surface area (TPSA) is 95.1 Å². The number of aromatic nitrogens is 2. The Morgan fingerprint density at radius 3 is 2.81 bits per heavy atom. The first-order valence-electron chi connectivity index (χ1n) is 5.19. The van der Waals surface area contributed by atoms with Crippen LogP contribution in [-0.4, -0.2) is 33.7 Å². The van der Waals surface area contributed by atoms with E-state index >= 15 is 0 Å². The van der Waals surface area contributed by atoms with Crippen LogP contribution in [0, 0.1) is 0 Å². The molecule has 0 saturated heterocycles. The van der Waals surface area contributed by atoms with Gasteiger partial charge in [0.05, 0.1) is 11.8 Å². The molecule has 0 fully saturated rings. The lowest BCUT2D eigenvalue weighted by molar-refractivity contribution is -0.137. The number of carbonyl (C=O) groups excluding carboxylic acids is 1. The number of hydrogen-bond donors (Lipinski definition) is 3. The van der Waals surface area contributed by atoms with Crippen molar-refractivity contribution >= 4 is 11.9 Å². The van der Waals surface area contributed by atoms with Gasteiger partial charge in [-0.2, -0.15) is 5.10 Å². The zero-order chi connectivity index (χ0) is 11.8. The number of carboxylic acid groups (broad SMARTS) is 1. The summed E-state index contributed by atoms with van der Waals surface area (Å²) in [6, 6.07) is 0. The van der Waals surface area contributed by atoms with Gasteiger partial charge >= 0.3 is 5.97 Å². The average molecular weight is 225 g/mol. The number of rotatable bonds is 7. The van der Waals surface area contributed by atoms with E-state index in [9.17, 15) is 9.59 Å². The Balaban J connectivity index is 2.03. The molecule has 0 unspecified atom stereocenters. The first-order chi connectivity index (χ1) is 7.70. The maximum atomic E-state index is 11.4. The van der Waals surface area contributed by atoms with E-state index in [1.807, 2.05) is 0 Å². The Hall–Kier alpha value is -1.85. The van der Waals surface area contributed by atoms with Gasteiger partial charge in [-0.3, -0.25) is 14.7 Å². The Bertz CT molecular complexity index is 335. The van der Waals surface area contributed by atoms with Gasteiger partial charge in [-0.15, -0.1) is 0 Å². The highest BCUT2D eigenvalue weighted by Crippen LogP contribution is 1.99. The van der Waals surface area contributed by atoms with E-state index in [2.05, 4.69) is 15.5 Å². The standard InChI is InChI=1S/C10H15N3O3/c14-9(15)4-2-1-3-5-11-10(16)8-6-12-13-7-8/h6-7H,1-5H2,(H,11,16)(H,12,13)(H,14,15). The number of nitrogens with one attached hydrogen (secondary N) is 2. The number of unbranched alkanes of at least 4 members (excludes halogenated alkanes) is 2. The predicted molar refractivity (Wildman–Crippen MR) is 57.0 cm³/mol. The second-order valence-corrected chi connectivity index (χ2v) is 3.45. The molecule has 1 amide bonds. The molecule has 0 bridgehead atoms. The number of nitrogens with zero attached hydrogens (tertiary/aromatic N) is 1. The highest BCUT2D eigenvalue weighted by molar-refractivity contribution is 5.93. The van der Waals surface area contributed by atoms with Gasteiger partial charge < -0.3 is 10.4 Å². The van der Waals surface area contributed by atoms with E-state index in [1.54, 1.807) is 0 Å². The zero-order valence-corrected chi connectivity index (χ0v) is 8.90. The molecule has 1 rings (SSSR count). The molecule has 3 N–H and O–H groups in total. The summed E-state index contributed by atoms with van der Waals surface area (Å²) in [5, 5.41) is 17.4. The monoisotopic (exact) mass is 225 g/mol. The van der Waals surface area contributed by atoms with Crippen molar-refractivity contribution in [1.82, 2.24) is 15.5 Å². The van der Waals surface area contributed by atoms with Crippen molar-refractivity contribution in [2.24, 2.45) is 0 Å². The molecule has 0 aliphatic carbocycles. The van der Waals surface area contributed by atoms with Crippen molar-refractivity contribution in [3.05, 3.63) is 18.0 Å². The third-order valence-corrected chi connectivity index (χ3v) is 2.11. The van der Waals surface area contributed by atoms with Crippen LogP contribution in [0.25, 0.3) is 0 Å². The normalized spacial score (nSPS) is 10.0. The van der Waals surface area contributed by atoms with Gasteiger partial charge in [0.2, 0.25) is 0 Å². The van der Waals surface area contributed by atoms with Crippen molar-refractivity contribution in [1.29, 1.82) is 0 Å². The second kappa shape index (κ2) is 6.60. The Morgan fingerprint density at radius 1 is 1.38 bits per heavy atom. The fourth-order valence-corrected chi connectivity index (χ4v) is 1.26. The highest BCUT2D eigenvalue weighted by atomic mass is 16.4. The molecule has 16 heavy (non-hydrogen) atoms. The Kier molecular flexibility index (Phi) is 5.04. The molecule has 1 aromatic rings. The summed E-state index contributed by atoms with van der Waals surface area (Å²) >= 11 is 0. The summed E-state index contributed by atoms with van der Waals surface area (Å²) in [5.74, 6) is -0.936. The summed E-state index contributed by atoms with van der Waals surface area (Å²) in [6.07, 6.45) is 5.42. The van der Waals surface area contributed by atoms with Crippen LogP contribution in [0.5, 0.6) is 0 Å². The molecule has 0 aromatic carbocycles. The fraction of sp³-hybridized carbons (Fsp3) is 0.500. The molecule has 0 aliphatic rings. The maximum Gasteiger partial charge on any atom is 0.303 e. The van der Waals surface area contributed by atoms with Crippen LogP contribution in [0.3, 0.4) is 0 Å². The molecule has 6 nitrogen and oxygen atoms in total. The minimum absolute atomic E-state index is 0.160. The third-order valence-electron chi connectivity index (χ3n) is 2.11. The average Bonchev–Trinajstić information content (AvgIpc) is 2.75. The van der Waals surface area contributed by atoms with E-state index in [1.165, 1.54) is 12.4 Å². The summed E-state index contributed by atoms with van der Waals surface area (Å²) in [4.78, 5) is 21.6. The minimum atomic E-state index is -0.776. The first kappa shape index (κ1) is 12.2. The molecule has 0 radical (unpaired) electrons. The molecular weight excluding hydrogens is 210 g/mol. The molecule has 0 atom stereocenters. The van der Waals surface area contributed by atoms with E-state index < -0.39 is 5.97 Å². The van der Waals surface area contributed by atoms with Crippen LogP contribution < -0.4 is 5.32 Å². The van der Waals surface area contributed by atoms with E-state index in [4.69, 9.17) is 5.11 Å². The van der Waals surface area contributed by atoms with Crippen molar-refractivity contribution in [2.45, 2.75) is 25.7 Å². The van der Waals surface area contributed by atoms with Crippen molar-refractivity contribution in [2.75, 3.05) is 6.54 Å². The molecule has 88 valence electrons. The van der Waals surface area contributed by atoms with Crippen LogP contribution in [-0.2, 0) is 4.79 Å². The smallest absolute Gasteiger partial charge is 0.303 e. The van der Waals surface area contributed by atoms with Crippen LogP contribution in [0.2, 0.25) is 0 Å². The van der Waals surface area contributed by atoms with Crippen molar-refractivity contribution in [3.63, 3.8) is 0 Å². The quantitative estimate of drug-likeness (QED) is 0.598. The van der Waals surface area contributed by atoms with Gasteiger partial charge in [0.25, 0.3) is 5.91 Å². The Labute approximate surface area is 93.1 Å². The summed E-state index contributed by atoms with van der Waals surface area (Å²) in [7, 11) is 0. The predicted octanol–water partition coefficient (Wildman–Crippen LogP) is 0.784. The lowest BCUT2D eigenvalue weighted by Crippen LogP contribution is -2.23. The fourth-order valence-electron chi connectivity index (χ4n) is 1.26. The lowest BCUT2D eigenvalue weighted by atomic mass is 10.2. The molecular formula is C10H15N3O3. The van der Waals surface area contributed by atoms with Gasteiger partial charge in [-0.05, 0) is 12.8 Å². The first-order valence-corrected chi connectivity index (χ1v) is 5.19. The molecule has 0 saturated carbocycles. The van der Waals surface area contributed by atoms with Crippen LogP contribution >= 0.6 is 0 Å². The third kappa shape index (κ3) is 4.59. The van der Waals surface area contributed by atoms with Gasteiger partial charge in [0.15, 0.2) is 0 Å². The largest absolute Gasteiger partial charge is 0.481 e. The number of aliphatic carboxylic acids is 1. The number of carboxylic acids is 1. The lowest BCUT2D eigenvalue weighted by Gasteiger charge is -2.02. The summed E-state index contributed by atoms with van der Waals surface area (Å²) < 4.78 is 0. The molecule has 0 aliphatic heterocycles. The number of hydrogen-bond acceptors (Lipinski definition) is 3. The maximum absolute atomic E-state index is 11.4. The summed E-state index contributed by atoms with van der Waals surface area (Å²) in [5.41, 5.74) is 0.505. The second-order valence-electron chi connectivity index (χ2n) is 3.45. The Morgan fingerprint density at radius 2 is 2.19 bits per heavy atom. The minimum Gasteiger partial charge on any atom is -0.481 e. The number of amides is 1. The van der Waals surface area contributed by atoms with E-state index in [0.29, 0.717) is 18.5 Å². The van der Waals surface area contributed by atoms with Crippen LogP contribution in [0.15, 0.2) is 12.4 Å². The SMILES string of the molecule is O=C(O)CCCCCNC(=O)c1cn[nH]c1. The number of H-pyrrole nitrogens is 1. The van der Waals surface area contributed by atoms with E-state index in [-0.39, 0.29) is 12.3 Å². The van der Waals surface area contributed by atoms with Gasteiger partial charge in [-0.25, -0.2) is 0 Å². The summed E-state index contributed by atoms with van der Waals surface area (Å²) in [6.45, 7) is 0.559. The zero-order valence-electron chi connectivity index (χ0n) is 8.90. The van der Waals surface area contributed by atoms with Crippen molar-refractivity contribution in [3.8, 4) is 0 Å². The van der Waals surface area contributed by atoms with Crippen LogP contribution in [0.1, 0.15) is 36.0 Å². The molecule has 1 aromatic heterocycles. The number of aromatic amines is 1. The molecule has 0 spiro atoms.